The maximum Gasteiger partial charge on any atom is 0.303 e. The molecule has 4 rings (SSSR count). The summed E-state index contributed by atoms with van der Waals surface area (Å²) in [7, 11) is -2.24. The van der Waals surface area contributed by atoms with Crippen molar-refractivity contribution >= 4 is 43.7 Å². The number of carboxylic acid groups (broad SMARTS) is 1. The Bertz CT molecular complexity index is 1490. The second-order valence-electron chi connectivity index (χ2n) is 8.87. The van der Waals surface area contributed by atoms with Crippen molar-refractivity contribution in [1.82, 2.24) is 4.31 Å². The molecule has 0 spiro atoms. The number of nitrogens with zero attached hydrogens (tertiary/aromatic N) is 2. The van der Waals surface area contributed by atoms with Gasteiger partial charge in [-0.15, -0.1) is 0 Å². The summed E-state index contributed by atoms with van der Waals surface area (Å²) in [6.45, 7) is 1.82. The molecule has 1 aromatic heterocycles. The lowest BCUT2D eigenvalue weighted by atomic mass is 10.0. The molecule has 0 aliphatic rings. The molecular weight excluding hydrogens is 476 g/mol. The Labute approximate surface area is 210 Å². The first-order valence-corrected chi connectivity index (χ1v) is 13.3. The van der Waals surface area contributed by atoms with Crippen LogP contribution in [0.25, 0.3) is 21.8 Å². The molecule has 0 aliphatic carbocycles. The van der Waals surface area contributed by atoms with Gasteiger partial charge in [0.05, 0.1) is 21.2 Å². The number of carboxylic acids is 1. The topological polar surface area (TPSA) is 95.6 Å². The fraction of sp³-hybridized carbons (Fsp3) is 0.250. The molecule has 3 aromatic carbocycles. The van der Waals surface area contributed by atoms with E-state index in [-0.39, 0.29) is 17.9 Å². The van der Waals surface area contributed by atoms with E-state index in [0.717, 1.165) is 20.9 Å². The van der Waals surface area contributed by atoms with E-state index >= 15 is 0 Å². The van der Waals surface area contributed by atoms with Gasteiger partial charge >= 0.3 is 5.97 Å². The summed E-state index contributed by atoms with van der Waals surface area (Å²) in [6.07, 6.45) is 1.27. The second-order valence-corrected chi connectivity index (χ2v) is 10.7. The largest absolute Gasteiger partial charge is 0.481 e. The average molecular weight is 506 g/mol. The number of fused-ring (bicyclic) bond motifs is 2. The van der Waals surface area contributed by atoms with Gasteiger partial charge in [0.25, 0.3) is 15.9 Å². The predicted octanol–water partition coefficient (Wildman–Crippen LogP) is 4.60. The summed E-state index contributed by atoms with van der Waals surface area (Å²) < 4.78 is 30.5. The van der Waals surface area contributed by atoms with Crippen LogP contribution in [0.5, 0.6) is 0 Å². The molecule has 186 valence electrons. The quantitative estimate of drug-likeness (QED) is 0.204. The zero-order valence-corrected chi connectivity index (χ0v) is 21.2. The smallest absolute Gasteiger partial charge is 0.303 e. The van der Waals surface area contributed by atoms with Crippen molar-refractivity contribution in [2.24, 2.45) is 7.05 Å². The SMILES string of the molecule is Cc1ccc(S(=O)(=O)N(CCCCCC(=O)O)C(=O)c2c3ccccc3[n+](C)c3ccccc23)cc1. The third-order valence-corrected chi connectivity index (χ3v) is 8.17. The Kier molecular flexibility index (Phi) is 7.35. The van der Waals surface area contributed by atoms with Crippen LogP contribution in [0.1, 0.15) is 41.6 Å². The van der Waals surface area contributed by atoms with Crippen LogP contribution in [0.3, 0.4) is 0 Å². The van der Waals surface area contributed by atoms with Crippen LogP contribution in [0, 0.1) is 6.92 Å². The molecule has 4 aromatic rings. The number of pyridine rings is 1. The molecule has 0 aliphatic heterocycles. The van der Waals surface area contributed by atoms with Gasteiger partial charge in [0.15, 0.2) is 0 Å². The monoisotopic (exact) mass is 505 g/mol. The molecule has 0 unspecified atom stereocenters. The molecule has 36 heavy (non-hydrogen) atoms. The van der Waals surface area contributed by atoms with Crippen LogP contribution in [0.4, 0.5) is 0 Å². The van der Waals surface area contributed by atoms with Crippen molar-refractivity contribution in [2.45, 2.75) is 37.5 Å². The highest BCUT2D eigenvalue weighted by atomic mass is 32.2. The fourth-order valence-electron chi connectivity index (χ4n) is 4.46. The number of aromatic nitrogens is 1. The standard InChI is InChI=1S/C28H28N2O5S/c1-20-15-17-21(18-16-20)36(34,35)30(19-9-3-4-14-26(31)32)28(33)27-22-10-5-7-12-24(22)29(2)25-13-8-6-11-23(25)27/h5-8,10-13,15-18H,3-4,9,14,19H2,1-2H3/p+1. The Morgan fingerprint density at radius 3 is 1.94 bits per heavy atom. The maximum absolute atomic E-state index is 14.2. The number of amides is 1. The number of sulfonamides is 1. The van der Waals surface area contributed by atoms with Crippen molar-refractivity contribution < 1.29 is 27.7 Å². The number of benzene rings is 3. The Morgan fingerprint density at radius 2 is 1.39 bits per heavy atom. The highest BCUT2D eigenvalue weighted by Gasteiger charge is 2.33. The van der Waals surface area contributed by atoms with Crippen LogP contribution < -0.4 is 4.57 Å². The summed E-state index contributed by atoms with van der Waals surface area (Å²) in [6, 6.07) is 21.3. The first-order valence-electron chi connectivity index (χ1n) is 11.9. The van der Waals surface area contributed by atoms with E-state index in [2.05, 4.69) is 0 Å². The molecule has 0 radical (unpaired) electrons. The van der Waals surface area contributed by atoms with Crippen molar-refractivity contribution in [1.29, 1.82) is 0 Å². The summed E-state index contributed by atoms with van der Waals surface area (Å²) >= 11 is 0. The van der Waals surface area contributed by atoms with Gasteiger partial charge in [-0.3, -0.25) is 9.59 Å². The molecule has 0 saturated carbocycles. The average Bonchev–Trinajstić information content (AvgIpc) is 2.86. The molecule has 0 atom stereocenters. The summed E-state index contributed by atoms with van der Waals surface area (Å²) in [4.78, 5) is 25.1. The van der Waals surface area contributed by atoms with Gasteiger partial charge in [0, 0.05) is 25.1 Å². The van der Waals surface area contributed by atoms with Crippen molar-refractivity contribution in [2.75, 3.05) is 6.54 Å². The minimum absolute atomic E-state index is 0.00309. The van der Waals surface area contributed by atoms with Gasteiger partial charge < -0.3 is 5.11 Å². The van der Waals surface area contributed by atoms with E-state index in [1.54, 1.807) is 12.1 Å². The van der Waals surface area contributed by atoms with E-state index in [1.807, 2.05) is 67.1 Å². The molecule has 7 nitrogen and oxygen atoms in total. The van der Waals surface area contributed by atoms with Crippen LogP contribution in [0.2, 0.25) is 0 Å². The van der Waals surface area contributed by atoms with E-state index in [9.17, 15) is 18.0 Å². The fourth-order valence-corrected chi connectivity index (χ4v) is 5.88. The third-order valence-electron chi connectivity index (χ3n) is 6.37. The van der Waals surface area contributed by atoms with Gasteiger partial charge in [-0.25, -0.2) is 12.7 Å². The summed E-state index contributed by atoms with van der Waals surface area (Å²) in [5, 5.41) is 10.3. The van der Waals surface area contributed by atoms with E-state index in [1.165, 1.54) is 12.1 Å². The lowest BCUT2D eigenvalue weighted by Gasteiger charge is -2.24. The molecule has 1 amide bonds. The van der Waals surface area contributed by atoms with Crippen LogP contribution in [0.15, 0.2) is 77.7 Å². The van der Waals surface area contributed by atoms with Crippen molar-refractivity contribution in [3.63, 3.8) is 0 Å². The summed E-state index contributed by atoms with van der Waals surface area (Å²) in [5.41, 5.74) is 2.87. The second kappa shape index (κ2) is 10.5. The predicted molar refractivity (Wildman–Crippen MR) is 138 cm³/mol. The number of carbonyl (C=O) groups is 2. The number of para-hydroxylation sites is 2. The molecule has 0 fully saturated rings. The normalized spacial score (nSPS) is 11.6. The molecule has 1 N–H and O–H groups in total. The number of hydrogen-bond donors (Lipinski definition) is 1. The number of carbonyl (C=O) groups excluding carboxylic acids is 1. The highest BCUT2D eigenvalue weighted by Crippen LogP contribution is 2.28. The van der Waals surface area contributed by atoms with E-state index < -0.39 is 21.9 Å². The van der Waals surface area contributed by atoms with E-state index in [0.29, 0.717) is 35.6 Å². The number of rotatable bonds is 9. The van der Waals surface area contributed by atoms with Gasteiger partial charge in [-0.1, -0.05) is 48.4 Å². The Balaban J connectivity index is 1.84. The van der Waals surface area contributed by atoms with Crippen LogP contribution in [-0.2, 0) is 21.9 Å². The van der Waals surface area contributed by atoms with Crippen LogP contribution in [-0.4, -0.2) is 36.3 Å². The lowest BCUT2D eigenvalue weighted by Crippen LogP contribution is -2.39. The number of hydrogen-bond acceptors (Lipinski definition) is 4. The minimum Gasteiger partial charge on any atom is -0.481 e. The number of aryl methyl sites for hydroxylation is 2. The molecule has 0 saturated heterocycles. The Morgan fingerprint density at radius 1 is 0.833 bits per heavy atom. The zero-order valence-electron chi connectivity index (χ0n) is 20.3. The maximum atomic E-state index is 14.2. The zero-order chi connectivity index (χ0) is 25.9. The van der Waals surface area contributed by atoms with E-state index in [4.69, 9.17) is 5.11 Å². The molecule has 0 bridgehead atoms. The van der Waals surface area contributed by atoms with Crippen molar-refractivity contribution in [3.8, 4) is 0 Å². The van der Waals surface area contributed by atoms with Gasteiger partial charge in [-0.2, -0.15) is 4.57 Å². The summed E-state index contributed by atoms with van der Waals surface area (Å²) in [5.74, 6) is -1.49. The first kappa shape index (κ1) is 25.3. The molecular formula is C28H29N2O5S+. The number of unbranched alkanes of at least 4 members (excludes halogenated alkanes) is 2. The van der Waals surface area contributed by atoms with Crippen molar-refractivity contribution in [3.05, 3.63) is 83.9 Å². The van der Waals surface area contributed by atoms with Crippen LogP contribution >= 0.6 is 0 Å². The number of aliphatic carboxylic acids is 1. The Hall–Kier alpha value is -3.78. The minimum atomic E-state index is -4.16. The van der Waals surface area contributed by atoms with Gasteiger partial charge in [0.2, 0.25) is 11.0 Å². The third kappa shape index (κ3) is 4.95. The lowest BCUT2D eigenvalue weighted by molar-refractivity contribution is -0.617. The van der Waals surface area contributed by atoms with Gasteiger partial charge in [-0.05, 0) is 44.0 Å². The first-order chi connectivity index (χ1) is 17.2. The highest BCUT2D eigenvalue weighted by molar-refractivity contribution is 7.89. The van der Waals surface area contributed by atoms with Gasteiger partial charge in [0.1, 0.15) is 7.05 Å². The molecule has 8 heteroatoms. The molecule has 1 heterocycles.